The summed E-state index contributed by atoms with van der Waals surface area (Å²) in [4.78, 5) is 39.3. The first-order chi connectivity index (χ1) is 12.5. The van der Waals surface area contributed by atoms with Crippen LogP contribution in [0.15, 0.2) is 18.2 Å². The topological polar surface area (TPSA) is 66.5 Å². The van der Waals surface area contributed by atoms with Gasteiger partial charge in [-0.05, 0) is 55.1 Å². The van der Waals surface area contributed by atoms with Gasteiger partial charge in [-0.25, -0.2) is 0 Å². The van der Waals surface area contributed by atoms with E-state index in [1.807, 2.05) is 18.2 Å². The lowest BCUT2D eigenvalue weighted by atomic mass is 9.81. The van der Waals surface area contributed by atoms with Gasteiger partial charge in [0.2, 0.25) is 17.7 Å². The Labute approximate surface area is 154 Å². The molecule has 3 amide bonds. The molecular weight excluding hydrogens is 328 g/mol. The predicted molar refractivity (Wildman–Crippen MR) is 98.4 cm³/mol. The van der Waals surface area contributed by atoms with Crippen molar-refractivity contribution in [3.05, 3.63) is 29.3 Å². The molecule has 3 aliphatic rings. The van der Waals surface area contributed by atoms with E-state index in [9.17, 15) is 14.4 Å². The van der Waals surface area contributed by atoms with Crippen LogP contribution in [-0.2, 0) is 27.2 Å². The zero-order valence-electron chi connectivity index (χ0n) is 15.5. The number of carbonyl (C=O) groups excluding carboxylic acids is 3. The maximum Gasteiger partial charge on any atom is 0.244 e. The number of carbonyl (C=O) groups is 3. The number of para-hydroxylation sites is 1. The van der Waals surface area contributed by atoms with Crippen LogP contribution in [0.5, 0.6) is 0 Å². The van der Waals surface area contributed by atoms with Crippen molar-refractivity contribution in [2.24, 2.45) is 23.7 Å². The van der Waals surface area contributed by atoms with Gasteiger partial charge >= 0.3 is 0 Å². The summed E-state index contributed by atoms with van der Waals surface area (Å²) >= 11 is 0. The average molecular weight is 354 g/mol. The molecule has 0 spiro atoms. The fourth-order valence-corrected chi connectivity index (χ4v) is 5.35. The van der Waals surface area contributed by atoms with Gasteiger partial charge in [0.25, 0.3) is 0 Å². The third-order valence-electron chi connectivity index (χ3n) is 6.58. The lowest BCUT2D eigenvalue weighted by Crippen LogP contribution is -2.39. The summed E-state index contributed by atoms with van der Waals surface area (Å²) in [6, 6.07) is 6.00. The van der Waals surface area contributed by atoms with Crippen molar-refractivity contribution in [1.29, 1.82) is 0 Å². The highest BCUT2D eigenvalue weighted by molar-refractivity contribution is 6.09. The van der Waals surface area contributed by atoms with Gasteiger partial charge in [0.05, 0.1) is 11.8 Å². The van der Waals surface area contributed by atoms with Crippen LogP contribution in [0, 0.1) is 23.7 Å². The first-order valence-electron chi connectivity index (χ1n) is 9.81. The van der Waals surface area contributed by atoms with E-state index in [2.05, 4.69) is 19.2 Å². The highest BCUT2D eigenvalue weighted by Gasteiger charge is 2.60. The van der Waals surface area contributed by atoms with Crippen molar-refractivity contribution < 1.29 is 14.4 Å². The van der Waals surface area contributed by atoms with Crippen molar-refractivity contribution in [3.63, 3.8) is 0 Å². The average Bonchev–Trinajstić information content (AvgIpc) is 3.32. The Kier molecular flexibility index (Phi) is 4.33. The molecule has 3 fully saturated rings. The summed E-state index contributed by atoms with van der Waals surface area (Å²) in [6.45, 7) is 3.94. The number of hydrogen-bond donors (Lipinski definition) is 1. The molecule has 4 atom stereocenters. The van der Waals surface area contributed by atoms with E-state index in [0.29, 0.717) is 11.8 Å². The maximum absolute atomic E-state index is 12.7. The molecule has 2 saturated carbocycles. The second-order valence-corrected chi connectivity index (χ2v) is 7.85. The quantitative estimate of drug-likeness (QED) is 0.827. The van der Waals surface area contributed by atoms with Crippen LogP contribution in [0.4, 0.5) is 5.69 Å². The summed E-state index contributed by atoms with van der Waals surface area (Å²) in [5.74, 6) is -0.159. The van der Waals surface area contributed by atoms with Crippen molar-refractivity contribution >= 4 is 23.4 Å². The number of hydrogen-bond acceptors (Lipinski definition) is 3. The molecule has 2 aliphatic carbocycles. The molecule has 1 aromatic carbocycles. The zero-order valence-corrected chi connectivity index (χ0v) is 15.5. The lowest BCUT2D eigenvalue weighted by molar-refractivity contribution is -0.143. The van der Waals surface area contributed by atoms with Crippen LogP contribution >= 0.6 is 0 Å². The molecule has 0 radical (unpaired) electrons. The molecule has 138 valence electrons. The summed E-state index contributed by atoms with van der Waals surface area (Å²) in [5.41, 5.74) is 2.99. The summed E-state index contributed by atoms with van der Waals surface area (Å²) in [7, 11) is 0. The first kappa shape index (κ1) is 17.3. The molecule has 2 bridgehead atoms. The molecule has 1 aromatic rings. The number of benzene rings is 1. The first-order valence-corrected chi connectivity index (χ1v) is 9.81. The largest absolute Gasteiger partial charge is 0.324 e. The van der Waals surface area contributed by atoms with E-state index >= 15 is 0 Å². The van der Waals surface area contributed by atoms with Gasteiger partial charge in [-0.15, -0.1) is 0 Å². The molecule has 0 aromatic heterocycles. The van der Waals surface area contributed by atoms with E-state index < -0.39 is 0 Å². The smallest absolute Gasteiger partial charge is 0.244 e. The standard InChI is InChI=1S/C21H26N2O3/c1-3-12-6-5-7-13(4-2)19(12)22-16(24)11-23-20(25)17-14-8-9-15(10-14)18(17)21(23)26/h5-7,14-15,17-18H,3-4,8-11H2,1-2H3,(H,22,24)/t14-,15+,17-,18-/m0/s1. The van der Waals surface area contributed by atoms with Gasteiger partial charge in [0.15, 0.2) is 0 Å². The molecule has 1 saturated heterocycles. The van der Waals surface area contributed by atoms with Crippen LogP contribution in [0.25, 0.3) is 0 Å². The number of rotatable bonds is 5. The Bertz CT molecular complexity index is 722. The molecule has 5 heteroatoms. The molecule has 5 nitrogen and oxygen atoms in total. The Balaban J connectivity index is 1.50. The van der Waals surface area contributed by atoms with E-state index in [1.165, 1.54) is 4.90 Å². The van der Waals surface area contributed by atoms with Crippen LogP contribution in [-0.4, -0.2) is 29.2 Å². The van der Waals surface area contributed by atoms with E-state index in [0.717, 1.165) is 48.9 Å². The van der Waals surface area contributed by atoms with Crippen molar-refractivity contribution in [2.45, 2.75) is 46.0 Å². The SMILES string of the molecule is CCc1cccc(CC)c1NC(=O)CN1C(=O)[C@H]2[C@@H]3CC[C@@H](C3)[C@@H]2C1=O. The zero-order chi connectivity index (χ0) is 18.4. The highest BCUT2D eigenvalue weighted by Crippen LogP contribution is 2.56. The molecule has 1 aliphatic heterocycles. The Morgan fingerprint density at radius 2 is 1.58 bits per heavy atom. The fourth-order valence-electron chi connectivity index (χ4n) is 5.35. The number of amides is 3. The Morgan fingerprint density at radius 3 is 2.08 bits per heavy atom. The molecule has 26 heavy (non-hydrogen) atoms. The molecule has 1 N–H and O–H groups in total. The fraction of sp³-hybridized carbons (Fsp3) is 0.571. The van der Waals surface area contributed by atoms with Crippen LogP contribution in [0.2, 0.25) is 0 Å². The molecule has 4 rings (SSSR count). The van der Waals surface area contributed by atoms with Gasteiger partial charge in [-0.1, -0.05) is 32.0 Å². The van der Waals surface area contributed by atoms with Crippen molar-refractivity contribution in [3.8, 4) is 0 Å². The van der Waals surface area contributed by atoms with Crippen LogP contribution in [0.1, 0.15) is 44.2 Å². The number of nitrogens with zero attached hydrogens (tertiary/aromatic N) is 1. The monoisotopic (exact) mass is 354 g/mol. The summed E-state index contributed by atoms with van der Waals surface area (Å²) in [5, 5.41) is 2.97. The van der Waals surface area contributed by atoms with Gasteiger partial charge in [0.1, 0.15) is 6.54 Å². The minimum Gasteiger partial charge on any atom is -0.324 e. The minimum atomic E-state index is -0.283. The molecule has 0 unspecified atom stereocenters. The third kappa shape index (κ3) is 2.56. The van der Waals surface area contributed by atoms with Crippen LogP contribution < -0.4 is 5.32 Å². The van der Waals surface area contributed by atoms with E-state index in [-0.39, 0.29) is 36.1 Å². The maximum atomic E-state index is 12.7. The summed E-state index contributed by atoms with van der Waals surface area (Å²) < 4.78 is 0. The Hall–Kier alpha value is -2.17. The summed E-state index contributed by atoms with van der Waals surface area (Å²) in [6.07, 6.45) is 4.75. The van der Waals surface area contributed by atoms with E-state index in [4.69, 9.17) is 0 Å². The van der Waals surface area contributed by atoms with Gasteiger partial charge < -0.3 is 5.32 Å². The second-order valence-electron chi connectivity index (χ2n) is 7.85. The van der Waals surface area contributed by atoms with Crippen molar-refractivity contribution in [1.82, 2.24) is 4.90 Å². The Morgan fingerprint density at radius 1 is 1.04 bits per heavy atom. The number of fused-ring (bicyclic) bond motifs is 5. The van der Waals surface area contributed by atoms with E-state index in [1.54, 1.807) is 0 Å². The number of imide groups is 1. The molecule has 1 heterocycles. The highest BCUT2D eigenvalue weighted by atomic mass is 16.2. The number of nitrogens with one attached hydrogen (secondary N) is 1. The van der Waals surface area contributed by atoms with Gasteiger partial charge in [-0.3, -0.25) is 19.3 Å². The predicted octanol–water partition coefficient (Wildman–Crippen LogP) is 2.78. The number of anilines is 1. The lowest BCUT2D eigenvalue weighted by Gasteiger charge is -2.19. The second kappa shape index (κ2) is 6.53. The normalized spacial score (nSPS) is 29.4. The van der Waals surface area contributed by atoms with Gasteiger partial charge in [0, 0.05) is 5.69 Å². The third-order valence-corrected chi connectivity index (χ3v) is 6.58. The van der Waals surface area contributed by atoms with Gasteiger partial charge in [-0.2, -0.15) is 0 Å². The van der Waals surface area contributed by atoms with Crippen molar-refractivity contribution in [2.75, 3.05) is 11.9 Å². The molecular formula is C21H26N2O3. The number of likely N-dealkylation sites (tertiary alicyclic amines) is 1. The minimum absolute atomic E-state index is 0.123. The number of aryl methyl sites for hydroxylation is 2. The van der Waals surface area contributed by atoms with Crippen LogP contribution in [0.3, 0.4) is 0 Å².